The highest BCUT2D eigenvalue weighted by Gasteiger charge is 2.33. The topological polar surface area (TPSA) is 141 Å². The fourth-order valence-electron chi connectivity index (χ4n) is 3.42. The van der Waals surface area contributed by atoms with Crippen molar-refractivity contribution in [2.45, 2.75) is 23.9 Å². The van der Waals surface area contributed by atoms with Crippen molar-refractivity contribution < 1.29 is 9.53 Å². The molecule has 2 aromatic carbocycles. The first kappa shape index (κ1) is 26.5. The van der Waals surface area contributed by atoms with Crippen molar-refractivity contribution >= 4 is 52.4 Å². The van der Waals surface area contributed by atoms with Gasteiger partial charge in [0.2, 0.25) is 0 Å². The minimum absolute atomic E-state index is 0.0599. The van der Waals surface area contributed by atoms with Crippen LogP contribution in [-0.4, -0.2) is 41.5 Å². The summed E-state index contributed by atoms with van der Waals surface area (Å²) in [5.41, 5.74) is 13.4. The Kier molecular flexibility index (Phi) is 8.32. The number of halogens is 1. The summed E-state index contributed by atoms with van der Waals surface area (Å²) in [7, 11) is 0. The minimum atomic E-state index is -0.277. The summed E-state index contributed by atoms with van der Waals surface area (Å²) in [6, 6.07) is 16.0. The summed E-state index contributed by atoms with van der Waals surface area (Å²) < 4.78 is 5.34. The van der Waals surface area contributed by atoms with Crippen molar-refractivity contribution in [3.63, 3.8) is 0 Å². The van der Waals surface area contributed by atoms with E-state index in [-0.39, 0.29) is 17.2 Å². The number of ether oxygens (including phenoxy) is 1. The number of rotatable bonds is 9. The number of benzene rings is 2. The van der Waals surface area contributed by atoms with Gasteiger partial charge in [-0.2, -0.15) is 0 Å². The van der Waals surface area contributed by atoms with E-state index < -0.39 is 0 Å². The Morgan fingerprint density at radius 1 is 1.19 bits per heavy atom. The number of carbonyl (C=O) groups is 1. The molecule has 1 fully saturated rings. The molecule has 0 saturated carbocycles. The summed E-state index contributed by atoms with van der Waals surface area (Å²) in [5, 5.41) is 7.11. The molecule has 4 rings (SSSR count). The Balaban J connectivity index is 1.50. The van der Waals surface area contributed by atoms with Crippen LogP contribution in [0.5, 0.6) is 0 Å². The van der Waals surface area contributed by atoms with Crippen LogP contribution >= 0.6 is 23.4 Å². The Morgan fingerprint density at radius 3 is 2.57 bits per heavy atom. The smallest absolute Gasteiger partial charge is 0.257 e. The van der Waals surface area contributed by atoms with Gasteiger partial charge < -0.3 is 26.8 Å². The van der Waals surface area contributed by atoms with Crippen LogP contribution in [0.2, 0.25) is 5.02 Å². The van der Waals surface area contributed by atoms with Gasteiger partial charge in [0.15, 0.2) is 11.0 Å². The maximum Gasteiger partial charge on any atom is 0.257 e. The molecule has 192 valence electrons. The number of hydrogen-bond acceptors (Lipinski definition) is 8. The fourth-order valence-corrected chi connectivity index (χ4v) is 4.40. The van der Waals surface area contributed by atoms with E-state index in [9.17, 15) is 4.79 Å². The number of carbonyl (C=O) groups excluding carboxylic acids is 1. The molecule has 0 aliphatic carbocycles. The van der Waals surface area contributed by atoms with Gasteiger partial charge in [-0.15, -0.1) is 0 Å². The van der Waals surface area contributed by atoms with Crippen LogP contribution in [0.4, 0.5) is 17.3 Å². The Bertz CT molecular complexity index is 1340. The third-order valence-electron chi connectivity index (χ3n) is 5.35. The summed E-state index contributed by atoms with van der Waals surface area (Å²) in [5.74, 6) is 1.02. The van der Waals surface area contributed by atoms with E-state index in [0.717, 1.165) is 4.90 Å². The molecule has 37 heavy (non-hydrogen) atoms. The van der Waals surface area contributed by atoms with Gasteiger partial charge in [-0.3, -0.25) is 4.79 Å². The van der Waals surface area contributed by atoms with Crippen LogP contribution < -0.4 is 22.1 Å². The van der Waals surface area contributed by atoms with Gasteiger partial charge in [-0.25, -0.2) is 15.0 Å². The van der Waals surface area contributed by atoms with Gasteiger partial charge in [-0.1, -0.05) is 30.7 Å². The van der Waals surface area contributed by atoms with Gasteiger partial charge in [0.05, 0.1) is 23.8 Å². The van der Waals surface area contributed by atoms with Crippen molar-refractivity contribution in [3.8, 4) is 0 Å². The normalized spacial score (nSPS) is 15.1. The molecule has 0 atom stereocenters. The van der Waals surface area contributed by atoms with Crippen LogP contribution in [-0.2, 0) is 4.74 Å². The van der Waals surface area contributed by atoms with E-state index in [0.29, 0.717) is 58.5 Å². The van der Waals surface area contributed by atoms with E-state index in [2.05, 4.69) is 32.5 Å². The van der Waals surface area contributed by atoms with E-state index >= 15 is 0 Å². The molecule has 6 N–H and O–H groups in total. The number of hydrogen-bond donors (Lipinski definition) is 4. The average molecular weight is 538 g/mol. The number of nitrogens with zero attached hydrogens (tertiary/aromatic N) is 3. The van der Waals surface area contributed by atoms with Crippen LogP contribution in [0.1, 0.15) is 24.2 Å². The van der Waals surface area contributed by atoms with Crippen LogP contribution in [0.15, 0.2) is 81.4 Å². The second-order valence-corrected chi connectivity index (χ2v) is 10.5. The van der Waals surface area contributed by atoms with Gasteiger partial charge >= 0.3 is 0 Å². The molecule has 1 aromatic heterocycles. The van der Waals surface area contributed by atoms with Gasteiger partial charge in [0.1, 0.15) is 11.7 Å². The highest BCUT2D eigenvalue weighted by molar-refractivity contribution is 7.99. The summed E-state index contributed by atoms with van der Waals surface area (Å²) >= 11 is 7.49. The highest BCUT2D eigenvalue weighted by Crippen LogP contribution is 2.31. The molecular formula is C26H28ClN7O2S. The Hall–Kier alpha value is -3.60. The van der Waals surface area contributed by atoms with Crippen LogP contribution in [0.3, 0.4) is 0 Å². The molecule has 1 aliphatic heterocycles. The second kappa shape index (κ2) is 11.6. The van der Waals surface area contributed by atoms with Crippen molar-refractivity contribution in [3.05, 3.63) is 77.0 Å². The van der Waals surface area contributed by atoms with Gasteiger partial charge in [0, 0.05) is 34.3 Å². The molecule has 1 aliphatic rings. The van der Waals surface area contributed by atoms with Crippen LogP contribution in [0.25, 0.3) is 0 Å². The zero-order chi connectivity index (χ0) is 26.4. The quantitative estimate of drug-likeness (QED) is 0.173. The predicted molar refractivity (Wildman–Crippen MR) is 149 cm³/mol. The average Bonchev–Trinajstić information content (AvgIpc) is 2.82. The molecule has 1 amide bonds. The first-order valence-electron chi connectivity index (χ1n) is 11.5. The molecule has 3 aromatic rings. The minimum Gasteiger partial charge on any atom is -0.402 e. The highest BCUT2D eigenvalue weighted by atomic mass is 35.5. The Morgan fingerprint density at radius 2 is 1.92 bits per heavy atom. The number of aliphatic imine (C=N–C) groups is 1. The largest absolute Gasteiger partial charge is 0.402 e. The molecule has 9 nitrogen and oxygen atoms in total. The molecule has 1 saturated heterocycles. The lowest BCUT2D eigenvalue weighted by Gasteiger charge is -2.38. The van der Waals surface area contributed by atoms with Crippen LogP contribution in [0, 0.1) is 5.41 Å². The molecular weight excluding hydrogens is 510 g/mol. The third-order valence-corrected chi connectivity index (χ3v) is 6.55. The summed E-state index contributed by atoms with van der Waals surface area (Å²) in [6.07, 6.45) is 1.57. The number of aromatic nitrogens is 2. The summed E-state index contributed by atoms with van der Waals surface area (Å²) in [4.78, 5) is 27.0. The first-order valence-corrected chi connectivity index (χ1v) is 12.7. The van der Waals surface area contributed by atoms with Crippen molar-refractivity contribution in [2.75, 3.05) is 30.4 Å². The lowest BCUT2D eigenvalue weighted by molar-refractivity contribution is -0.0924. The lowest BCUT2D eigenvalue weighted by atomic mass is 9.89. The number of nitrogens with one attached hydrogen (secondary N) is 2. The molecule has 0 spiro atoms. The maximum atomic E-state index is 12.5. The van der Waals surface area contributed by atoms with Gasteiger partial charge in [0.25, 0.3) is 5.91 Å². The van der Waals surface area contributed by atoms with Crippen molar-refractivity contribution in [1.29, 1.82) is 0 Å². The SMILES string of the molecule is C/C(N)=C/C(N)=Nc1cc(NCC2(C)COC2)nc(Sc2ccc(NC(=O)c3ccccc3Cl)cc2)n1. The van der Waals surface area contributed by atoms with Gasteiger partial charge in [-0.05, 0) is 61.2 Å². The Labute approximate surface area is 224 Å². The standard InChI is InChI=1S/C26H28ClN7O2S/c1-16(28)11-21(29)32-23-12-22(30-13-26(2)14-36-15-26)33-25(34-23)37-18-9-7-17(8-10-18)31-24(35)19-5-3-4-6-20(19)27/h3-12H,13-15,28H2,1-2H3,(H,31,35)(H3,29,30,32,33,34)/b16-11-. The molecule has 2 heterocycles. The van der Waals surface area contributed by atoms with E-state index in [1.54, 1.807) is 43.3 Å². The zero-order valence-corrected chi connectivity index (χ0v) is 22.1. The van der Waals surface area contributed by atoms with E-state index in [4.69, 9.17) is 27.8 Å². The summed E-state index contributed by atoms with van der Waals surface area (Å²) in [6.45, 7) is 5.99. The monoisotopic (exact) mass is 537 g/mol. The number of amidine groups is 1. The molecule has 0 bridgehead atoms. The first-order chi connectivity index (χ1) is 17.7. The van der Waals surface area contributed by atoms with E-state index in [1.807, 2.05) is 24.3 Å². The number of nitrogens with two attached hydrogens (primary N) is 2. The van der Waals surface area contributed by atoms with Crippen molar-refractivity contribution in [2.24, 2.45) is 21.9 Å². The second-order valence-electron chi connectivity index (χ2n) is 9.04. The lowest BCUT2D eigenvalue weighted by Crippen LogP contribution is -2.45. The molecule has 0 radical (unpaired) electrons. The molecule has 11 heteroatoms. The fraction of sp³-hybridized carbons (Fsp3) is 0.231. The van der Waals surface area contributed by atoms with E-state index in [1.165, 1.54) is 11.8 Å². The number of allylic oxidation sites excluding steroid dienone is 1. The third kappa shape index (κ3) is 7.45. The predicted octanol–water partition coefficient (Wildman–Crippen LogP) is 4.83. The number of amides is 1. The molecule has 0 unspecified atom stereocenters. The number of anilines is 2. The zero-order valence-electron chi connectivity index (χ0n) is 20.5. The maximum absolute atomic E-state index is 12.5. The van der Waals surface area contributed by atoms with Crippen molar-refractivity contribution in [1.82, 2.24) is 9.97 Å².